The number of rotatable bonds is 2. The summed E-state index contributed by atoms with van der Waals surface area (Å²) in [6, 6.07) is 4.80. The maximum Gasteiger partial charge on any atom is 0.276 e. The Morgan fingerprint density at radius 3 is 2.82 bits per heavy atom. The van der Waals surface area contributed by atoms with Gasteiger partial charge in [0.2, 0.25) is 0 Å². The molecule has 1 fully saturated rings. The van der Waals surface area contributed by atoms with Crippen molar-refractivity contribution in [2.45, 2.75) is 38.3 Å². The highest BCUT2D eigenvalue weighted by Crippen LogP contribution is 2.51. The number of halogens is 1. The van der Waals surface area contributed by atoms with Crippen LogP contribution in [0.4, 0.5) is 16.0 Å². The van der Waals surface area contributed by atoms with Crippen LogP contribution in [0.5, 0.6) is 0 Å². The van der Waals surface area contributed by atoms with Gasteiger partial charge in [-0.3, -0.25) is 4.79 Å². The summed E-state index contributed by atoms with van der Waals surface area (Å²) in [5.41, 5.74) is 17.9. The maximum absolute atomic E-state index is 13.8. The summed E-state index contributed by atoms with van der Waals surface area (Å²) in [6.07, 6.45) is 5.00. The van der Waals surface area contributed by atoms with Crippen LogP contribution >= 0.6 is 11.3 Å². The van der Waals surface area contributed by atoms with E-state index in [4.69, 9.17) is 11.5 Å². The van der Waals surface area contributed by atoms with Crippen molar-refractivity contribution in [3.05, 3.63) is 63.1 Å². The lowest BCUT2D eigenvalue weighted by molar-refractivity contribution is 0.0731. The number of carbonyl (C=O) groups is 1. The second kappa shape index (κ2) is 7.99. The Hall–Kier alpha value is -3.11. The molecule has 2 aliphatic heterocycles. The molecule has 1 aromatic carbocycles. The van der Waals surface area contributed by atoms with Gasteiger partial charge in [0, 0.05) is 37.0 Å². The molecule has 176 valence electrons. The number of amides is 1. The summed E-state index contributed by atoms with van der Waals surface area (Å²) < 4.78 is 13.8. The molecular weight excluding hydrogens is 453 g/mol. The number of aromatic nitrogens is 3. The van der Waals surface area contributed by atoms with Gasteiger partial charge in [-0.05, 0) is 47.9 Å². The van der Waals surface area contributed by atoms with Crippen molar-refractivity contribution in [1.82, 2.24) is 19.9 Å². The lowest BCUT2D eigenvalue weighted by Crippen LogP contribution is -2.44. The fourth-order valence-corrected chi connectivity index (χ4v) is 6.49. The molecule has 1 spiro atoms. The predicted octanol–water partition coefficient (Wildman–Crippen LogP) is 2.70. The van der Waals surface area contributed by atoms with Crippen LogP contribution in [0.2, 0.25) is 0 Å². The van der Waals surface area contributed by atoms with E-state index >= 15 is 0 Å². The SMILES string of the molecule is Nc1nc(N2CCC3(CC2)Cc2ccc(F)cc2C3N)cnc1C(=O)N1CCc2ncsc2C1. The van der Waals surface area contributed by atoms with Crippen LogP contribution in [0, 0.1) is 11.2 Å². The van der Waals surface area contributed by atoms with Gasteiger partial charge in [0.05, 0.1) is 23.9 Å². The molecule has 3 aliphatic rings. The minimum atomic E-state index is -0.235. The fourth-order valence-electron chi connectivity index (χ4n) is 5.66. The van der Waals surface area contributed by atoms with E-state index in [-0.39, 0.29) is 34.7 Å². The van der Waals surface area contributed by atoms with Crippen LogP contribution in [-0.4, -0.2) is 45.4 Å². The van der Waals surface area contributed by atoms with Gasteiger partial charge in [0.15, 0.2) is 11.5 Å². The number of hydrogen-bond donors (Lipinski definition) is 2. The number of piperidine rings is 1. The largest absolute Gasteiger partial charge is 0.382 e. The van der Waals surface area contributed by atoms with Gasteiger partial charge in [0.1, 0.15) is 11.6 Å². The molecule has 8 nitrogen and oxygen atoms in total. The summed E-state index contributed by atoms with van der Waals surface area (Å²) in [5, 5.41) is 0. The predicted molar refractivity (Wildman–Crippen MR) is 128 cm³/mol. The van der Waals surface area contributed by atoms with Crippen molar-refractivity contribution < 1.29 is 9.18 Å². The minimum absolute atomic E-state index is 0.0642. The maximum atomic E-state index is 13.8. The number of nitrogens with zero attached hydrogens (tertiary/aromatic N) is 5. The Bertz CT molecular complexity index is 1270. The van der Waals surface area contributed by atoms with Crippen molar-refractivity contribution in [2.24, 2.45) is 11.1 Å². The third kappa shape index (κ3) is 3.43. The minimum Gasteiger partial charge on any atom is -0.382 e. The van der Waals surface area contributed by atoms with E-state index < -0.39 is 0 Å². The first kappa shape index (κ1) is 21.4. The molecule has 34 heavy (non-hydrogen) atoms. The van der Waals surface area contributed by atoms with Gasteiger partial charge in [0.25, 0.3) is 5.91 Å². The molecule has 0 bridgehead atoms. The monoisotopic (exact) mass is 479 g/mol. The molecule has 6 rings (SSSR count). The second-order valence-electron chi connectivity index (χ2n) is 9.51. The van der Waals surface area contributed by atoms with E-state index in [0.717, 1.165) is 60.5 Å². The lowest BCUT2D eigenvalue weighted by Gasteiger charge is -2.42. The molecule has 2 aromatic heterocycles. The smallest absolute Gasteiger partial charge is 0.276 e. The number of nitrogen functional groups attached to an aromatic ring is 1. The van der Waals surface area contributed by atoms with Gasteiger partial charge in [-0.15, -0.1) is 11.3 Å². The average Bonchev–Trinajstić information content (AvgIpc) is 3.42. The molecule has 0 radical (unpaired) electrons. The van der Waals surface area contributed by atoms with Gasteiger partial charge in [-0.25, -0.2) is 19.3 Å². The van der Waals surface area contributed by atoms with E-state index in [1.54, 1.807) is 28.5 Å². The van der Waals surface area contributed by atoms with Crippen molar-refractivity contribution in [1.29, 1.82) is 0 Å². The van der Waals surface area contributed by atoms with Crippen LogP contribution in [-0.2, 0) is 19.4 Å². The summed E-state index contributed by atoms with van der Waals surface area (Å²) in [5.74, 6) is 0.386. The first-order valence-corrected chi connectivity index (χ1v) is 12.4. The summed E-state index contributed by atoms with van der Waals surface area (Å²) in [7, 11) is 0. The Kier molecular flexibility index (Phi) is 5.03. The van der Waals surface area contributed by atoms with Crippen molar-refractivity contribution in [3.8, 4) is 0 Å². The number of nitrogens with two attached hydrogens (primary N) is 2. The lowest BCUT2D eigenvalue weighted by atomic mass is 9.73. The molecule has 1 amide bonds. The van der Waals surface area contributed by atoms with Crippen LogP contribution in [0.1, 0.15) is 51.1 Å². The number of benzene rings is 1. The van der Waals surface area contributed by atoms with Crippen LogP contribution in [0.3, 0.4) is 0 Å². The third-order valence-corrected chi connectivity index (χ3v) is 8.54. The highest BCUT2D eigenvalue weighted by molar-refractivity contribution is 7.09. The van der Waals surface area contributed by atoms with E-state index in [1.807, 2.05) is 11.6 Å². The zero-order valence-electron chi connectivity index (χ0n) is 18.7. The quantitative estimate of drug-likeness (QED) is 0.581. The van der Waals surface area contributed by atoms with Crippen LogP contribution in [0.25, 0.3) is 0 Å². The highest BCUT2D eigenvalue weighted by atomic mass is 32.1. The summed E-state index contributed by atoms with van der Waals surface area (Å²) in [6.45, 7) is 2.64. The number of anilines is 2. The Morgan fingerprint density at radius 2 is 2.03 bits per heavy atom. The Balaban J connectivity index is 1.15. The molecule has 10 heteroatoms. The molecule has 1 saturated heterocycles. The normalized spacial score (nSPS) is 20.9. The number of fused-ring (bicyclic) bond motifs is 2. The van der Waals surface area contributed by atoms with Gasteiger partial charge in [-0.1, -0.05) is 6.07 Å². The van der Waals surface area contributed by atoms with Gasteiger partial charge >= 0.3 is 0 Å². The van der Waals surface area contributed by atoms with Crippen molar-refractivity contribution in [2.75, 3.05) is 30.3 Å². The molecule has 1 atom stereocenters. The standard InChI is InChI=1S/C24H26FN7OS/c25-15-2-1-14-10-24(21(26)16(14)9-15)4-7-31(8-5-24)19-11-28-20(22(27)30-19)23(33)32-6-3-17-18(12-32)34-13-29-17/h1-2,9,11,13,21H,3-8,10,12,26H2,(H2,27,30). The van der Waals surface area contributed by atoms with Crippen molar-refractivity contribution >= 4 is 28.9 Å². The molecule has 4 N–H and O–H groups in total. The molecular formula is C24H26FN7OS. The summed E-state index contributed by atoms with van der Waals surface area (Å²) in [4.78, 5) is 31.4. The highest BCUT2D eigenvalue weighted by Gasteiger charge is 2.46. The third-order valence-electron chi connectivity index (χ3n) is 7.68. The van der Waals surface area contributed by atoms with E-state index in [2.05, 4.69) is 19.9 Å². The number of carbonyl (C=O) groups excluding carboxylic acids is 1. The molecule has 1 unspecified atom stereocenters. The van der Waals surface area contributed by atoms with Gasteiger partial charge < -0.3 is 21.3 Å². The molecule has 0 saturated carbocycles. The number of hydrogen-bond acceptors (Lipinski definition) is 8. The first-order chi connectivity index (χ1) is 16.4. The van der Waals surface area contributed by atoms with E-state index in [0.29, 0.717) is 18.9 Å². The van der Waals surface area contributed by atoms with E-state index in [9.17, 15) is 9.18 Å². The summed E-state index contributed by atoms with van der Waals surface area (Å²) >= 11 is 1.57. The molecule has 1 aliphatic carbocycles. The fraction of sp³-hybridized carbons (Fsp3) is 0.417. The zero-order valence-corrected chi connectivity index (χ0v) is 19.5. The average molecular weight is 480 g/mol. The topological polar surface area (TPSA) is 114 Å². The van der Waals surface area contributed by atoms with E-state index in [1.165, 1.54) is 6.07 Å². The Morgan fingerprint density at radius 1 is 1.21 bits per heavy atom. The first-order valence-electron chi connectivity index (χ1n) is 11.6. The molecule has 4 heterocycles. The van der Waals surface area contributed by atoms with Gasteiger partial charge in [-0.2, -0.15) is 0 Å². The zero-order chi connectivity index (χ0) is 23.4. The number of thiazole rings is 1. The van der Waals surface area contributed by atoms with Crippen molar-refractivity contribution in [3.63, 3.8) is 0 Å². The second-order valence-corrected chi connectivity index (χ2v) is 10.4. The van der Waals surface area contributed by atoms with Crippen LogP contribution in [0.15, 0.2) is 29.9 Å². The Labute approximate surface area is 200 Å². The van der Waals surface area contributed by atoms with Crippen LogP contribution < -0.4 is 16.4 Å². The molecule has 3 aromatic rings.